The van der Waals surface area contributed by atoms with Gasteiger partial charge in [0.25, 0.3) is 0 Å². The van der Waals surface area contributed by atoms with Gasteiger partial charge in [0, 0.05) is 25.8 Å². The Balaban J connectivity index is 1.61. The molecule has 0 saturated carbocycles. The van der Waals surface area contributed by atoms with Crippen LogP contribution in [0.5, 0.6) is 0 Å². The molecule has 1 aromatic carbocycles. The van der Waals surface area contributed by atoms with Gasteiger partial charge in [-0.15, -0.1) is 0 Å². The first kappa shape index (κ1) is 11.6. The summed E-state index contributed by atoms with van der Waals surface area (Å²) in [7, 11) is 0. The van der Waals surface area contributed by atoms with Crippen LogP contribution < -0.4 is 10.6 Å². The van der Waals surface area contributed by atoms with Crippen LogP contribution in [0.25, 0.3) is 0 Å². The predicted octanol–water partition coefficient (Wildman–Crippen LogP) is 2.28. The van der Waals surface area contributed by atoms with Crippen LogP contribution in [0.1, 0.15) is 5.56 Å². The molecule has 0 atom stereocenters. The Morgan fingerprint density at radius 2 is 1.71 bits per heavy atom. The molecule has 0 aliphatic heterocycles. The molecule has 2 aromatic rings. The van der Waals surface area contributed by atoms with Gasteiger partial charge >= 0.3 is 0 Å². The van der Waals surface area contributed by atoms with E-state index in [1.165, 1.54) is 5.56 Å². The van der Waals surface area contributed by atoms with Crippen LogP contribution in [-0.2, 0) is 6.54 Å². The summed E-state index contributed by atoms with van der Waals surface area (Å²) in [5, 5.41) is 6.64. The van der Waals surface area contributed by atoms with Gasteiger partial charge in [0.2, 0.25) is 0 Å². The van der Waals surface area contributed by atoms with Crippen molar-refractivity contribution in [3.8, 4) is 0 Å². The van der Waals surface area contributed by atoms with Crippen LogP contribution >= 0.6 is 0 Å². The fourth-order valence-corrected chi connectivity index (χ4v) is 1.57. The second kappa shape index (κ2) is 6.66. The van der Waals surface area contributed by atoms with E-state index in [0.29, 0.717) is 0 Å². The maximum atomic E-state index is 4.20. The van der Waals surface area contributed by atoms with Gasteiger partial charge in [0.1, 0.15) is 5.82 Å². The zero-order valence-electron chi connectivity index (χ0n) is 9.76. The molecule has 0 saturated heterocycles. The number of anilines is 1. The topological polar surface area (TPSA) is 37.0 Å². The number of hydrogen-bond donors (Lipinski definition) is 2. The first-order valence-electron chi connectivity index (χ1n) is 5.85. The van der Waals surface area contributed by atoms with E-state index in [4.69, 9.17) is 0 Å². The highest BCUT2D eigenvalue weighted by Gasteiger charge is 1.92. The lowest BCUT2D eigenvalue weighted by Gasteiger charge is -2.06. The Hall–Kier alpha value is -1.87. The molecule has 0 bridgehead atoms. The van der Waals surface area contributed by atoms with E-state index in [1.807, 2.05) is 24.3 Å². The Kier molecular flexibility index (Phi) is 4.55. The normalized spacial score (nSPS) is 10.1. The molecule has 0 aliphatic rings. The van der Waals surface area contributed by atoms with Crippen molar-refractivity contribution in [2.24, 2.45) is 0 Å². The van der Waals surface area contributed by atoms with Crippen molar-refractivity contribution < 1.29 is 0 Å². The van der Waals surface area contributed by atoms with Crippen molar-refractivity contribution >= 4 is 5.82 Å². The lowest BCUT2D eigenvalue weighted by Crippen LogP contribution is -2.21. The first-order chi connectivity index (χ1) is 8.45. The van der Waals surface area contributed by atoms with Gasteiger partial charge in [-0.05, 0) is 17.7 Å². The van der Waals surface area contributed by atoms with Crippen LogP contribution in [-0.4, -0.2) is 18.1 Å². The van der Waals surface area contributed by atoms with E-state index in [2.05, 4.69) is 39.9 Å². The SMILES string of the molecule is c1ccc(CNCCNc2ccccn2)cc1. The zero-order chi connectivity index (χ0) is 11.8. The van der Waals surface area contributed by atoms with Gasteiger partial charge in [0.05, 0.1) is 0 Å². The maximum absolute atomic E-state index is 4.20. The summed E-state index contributed by atoms with van der Waals surface area (Å²) in [6.45, 7) is 2.71. The monoisotopic (exact) mass is 227 g/mol. The molecule has 2 rings (SSSR count). The predicted molar refractivity (Wildman–Crippen MR) is 70.9 cm³/mol. The second-order valence-electron chi connectivity index (χ2n) is 3.80. The second-order valence-corrected chi connectivity index (χ2v) is 3.80. The number of benzene rings is 1. The van der Waals surface area contributed by atoms with E-state index in [-0.39, 0.29) is 0 Å². The summed E-state index contributed by atoms with van der Waals surface area (Å²) in [5.74, 6) is 0.925. The average Bonchev–Trinajstić information content (AvgIpc) is 2.41. The molecule has 0 radical (unpaired) electrons. The van der Waals surface area contributed by atoms with Crippen molar-refractivity contribution in [1.29, 1.82) is 0 Å². The molecule has 0 aliphatic carbocycles. The summed E-state index contributed by atoms with van der Waals surface area (Å²) in [4.78, 5) is 4.20. The van der Waals surface area contributed by atoms with E-state index < -0.39 is 0 Å². The van der Waals surface area contributed by atoms with Gasteiger partial charge in [-0.25, -0.2) is 4.98 Å². The fourth-order valence-electron chi connectivity index (χ4n) is 1.57. The van der Waals surface area contributed by atoms with Crippen molar-refractivity contribution in [2.45, 2.75) is 6.54 Å². The third-order valence-electron chi connectivity index (χ3n) is 2.44. The standard InChI is InChI=1S/C14H17N3/c1-2-6-13(7-3-1)12-15-10-11-17-14-8-4-5-9-16-14/h1-9,15H,10-12H2,(H,16,17). The molecule has 2 N–H and O–H groups in total. The van der Waals surface area contributed by atoms with Gasteiger partial charge in [-0.3, -0.25) is 0 Å². The molecule has 17 heavy (non-hydrogen) atoms. The van der Waals surface area contributed by atoms with Gasteiger partial charge in [0.15, 0.2) is 0 Å². The van der Waals surface area contributed by atoms with E-state index in [0.717, 1.165) is 25.5 Å². The highest BCUT2D eigenvalue weighted by Crippen LogP contribution is 1.99. The lowest BCUT2D eigenvalue weighted by atomic mass is 10.2. The first-order valence-corrected chi connectivity index (χ1v) is 5.85. The minimum Gasteiger partial charge on any atom is -0.369 e. The molecule has 0 spiro atoms. The summed E-state index contributed by atoms with van der Waals surface area (Å²) in [5.41, 5.74) is 1.31. The molecule has 3 nitrogen and oxygen atoms in total. The van der Waals surface area contributed by atoms with Crippen molar-refractivity contribution in [2.75, 3.05) is 18.4 Å². The number of pyridine rings is 1. The van der Waals surface area contributed by atoms with Gasteiger partial charge in [-0.1, -0.05) is 36.4 Å². The molecule has 88 valence electrons. The Labute approximate surface area is 102 Å². The van der Waals surface area contributed by atoms with Crippen LogP contribution in [0.4, 0.5) is 5.82 Å². The van der Waals surface area contributed by atoms with Gasteiger partial charge in [-0.2, -0.15) is 0 Å². The molecular formula is C14H17N3. The van der Waals surface area contributed by atoms with Crippen LogP contribution in [0.2, 0.25) is 0 Å². The lowest BCUT2D eigenvalue weighted by molar-refractivity contribution is 0.706. The molecular weight excluding hydrogens is 210 g/mol. The average molecular weight is 227 g/mol. The number of aromatic nitrogens is 1. The molecule has 1 aromatic heterocycles. The maximum Gasteiger partial charge on any atom is 0.125 e. The van der Waals surface area contributed by atoms with E-state index in [1.54, 1.807) is 6.20 Å². The summed E-state index contributed by atoms with van der Waals surface area (Å²) < 4.78 is 0. The molecule has 3 heteroatoms. The van der Waals surface area contributed by atoms with Crippen LogP contribution in [0.15, 0.2) is 54.7 Å². The number of nitrogens with one attached hydrogen (secondary N) is 2. The van der Waals surface area contributed by atoms with Gasteiger partial charge < -0.3 is 10.6 Å². The van der Waals surface area contributed by atoms with Crippen molar-refractivity contribution in [3.05, 3.63) is 60.3 Å². The number of nitrogens with zero attached hydrogens (tertiary/aromatic N) is 1. The third-order valence-corrected chi connectivity index (χ3v) is 2.44. The summed E-state index contributed by atoms with van der Waals surface area (Å²) >= 11 is 0. The number of rotatable bonds is 6. The fraction of sp³-hybridized carbons (Fsp3) is 0.214. The quantitative estimate of drug-likeness (QED) is 0.743. The molecule has 0 unspecified atom stereocenters. The van der Waals surface area contributed by atoms with E-state index in [9.17, 15) is 0 Å². The number of hydrogen-bond acceptors (Lipinski definition) is 3. The van der Waals surface area contributed by atoms with Crippen molar-refractivity contribution in [3.63, 3.8) is 0 Å². The molecule has 0 amide bonds. The Bertz CT molecular complexity index is 372. The highest BCUT2D eigenvalue weighted by atomic mass is 15.0. The van der Waals surface area contributed by atoms with E-state index >= 15 is 0 Å². The smallest absolute Gasteiger partial charge is 0.125 e. The highest BCUT2D eigenvalue weighted by molar-refractivity contribution is 5.32. The van der Waals surface area contributed by atoms with Crippen molar-refractivity contribution in [1.82, 2.24) is 10.3 Å². The molecule has 0 fully saturated rings. The zero-order valence-corrected chi connectivity index (χ0v) is 9.76. The Morgan fingerprint density at radius 3 is 2.47 bits per heavy atom. The third kappa shape index (κ3) is 4.25. The Morgan fingerprint density at radius 1 is 0.882 bits per heavy atom. The summed E-state index contributed by atoms with van der Waals surface area (Å²) in [6.07, 6.45) is 1.79. The van der Waals surface area contributed by atoms with Crippen LogP contribution in [0.3, 0.4) is 0 Å². The summed E-state index contributed by atoms with van der Waals surface area (Å²) in [6, 6.07) is 16.3. The minimum absolute atomic E-state index is 0.879. The van der Waals surface area contributed by atoms with Crippen LogP contribution in [0, 0.1) is 0 Å². The largest absolute Gasteiger partial charge is 0.369 e. The molecule has 1 heterocycles. The minimum atomic E-state index is 0.879.